The summed E-state index contributed by atoms with van der Waals surface area (Å²) in [4.78, 5) is 24.3. The predicted octanol–water partition coefficient (Wildman–Crippen LogP) is 1.38. The van der Waals surface area contributed by atoms with Crippen molar-refractivity contribution in [3.8, 4) is 0 Å². The van der Waals surface area contributed by atoms with Crippen LogP contribution in [-0.2, 0) is 6.54 Å². The van der Waals surface area contributed by atoms with E-state index in [4.69, 9.17) is 11.6 Å². The molecule has 4 nitrogen and oxygen atoms in total. The predicted molar refractivity (Wildman–Crippen MR) is 55.9 cm³/mol. The van der Waals surface area contributed by atoms with Crippen LogP contribution in [-0.4, -0.2) is 9.55 Å². The van der Waals surface area contributed by atoms with Gasteiger partial charge in [-0.25, -0.2) is 4.79 Å². The van der Waals surface area contributed by atoms with Crippen molar-refractivity contribution in [1.29, 1.82) is 0 Å². The van der Waals surface area contributed by atoms with Crippen LogP contribution in [0.5, 0.6) is 0 Å². The van der Waals surface area contributed by atoms with Crippen molar-refractivity contribution in [3.63, 3.8) is 0 Å². The lowest BCUT2D eigenvalue weighted by atomic mass is 10.2. The molecule has 78 valence electrons. The lowest BCUT2D eigenvalue weighted by Crippen LogP contribution is -2.29. The molecule has 1 N–H and O–H groups in total. The summed E-state index contributed by atoms with van der Waals surface area (Å²) in [6, 6.07) is 0. The van der Waals surface area contributed by atoms with Crippen molar-refractivity contribution >= 4 is 11.6 Å². The fraction of sp³-hybridized carbons (Fsp3) is 0.556. The van der Waals surface area contributed by atoms with E-state index in [9.17, 15) is 9.59 Å². The molecule has 0 spiro atoms. The van der Waals surface area contributed by atoms with Crippen molar-refractivity contribution in [2.45, 2.75) is 32.7 Å². The Hall–Kier alpha value is -1.03. The number of halogens is 1. The van der Waals surface area contributed by atoms with Gasteiger partial charge in [0.05, 0.1) is 0 Å². The van der Waals surface area contributed by atoms with E-state index in [1.54, 1.807) is 0 Å². The molecular weight excluding hydrogens is 204 g/mol. The second-order valence-electron chi connectivity index (χ2n) is 3.14. The highest BCUT2D eigenvalue weighted by Gasteiger charge is 2.00. The monoisotopic (exact) mass is 216 g/mol. The van der Waals surface area contributed by atoms with Gasteiger partial charge in [-0.2, -0.15) is 0 Å². The highest BCUT2D eigenvalue weighted by molar-refractivity contribution is 6.30. The molecule has 0 aliphatic carbocycles. The minimum atomic E-state index is -0.525. The van der Waals surface area contributed by atoms with Crippen LogP contribution in [0.15, 0.2) is 15.8 Å². The molecule has 0 amide bonds. The standard InChI is InChI=1S/C9H13ClN2O2/c1-2-3-4-5-12-6-7(10)8(13)11-9(12)14/h6H,2-5H2,1H3,(H,11,13,14). The highest BCUT2D eigenvalue weighted by Crippen LogP contribution is 1.99. The van der Waals surface area contributed by atoms with E-state index in [1.807, 2.05) is 0 Å². The zero-order chi connectivity index (χ0) is 10.6. The maximum absolute atomic E-state index is 11.2. The van der Waals surface area contributed by atoms with E-state index in [-0.39, 0.29) is 5.02 Å². The quantitative estimate of drug-likeness (QED) is 0.774. The molecule has 0 atom stereocenters. The molecule has 0 bridgehead atoms. The summed E-state index contributed by atoms with van der Waals surface area (Å²) >= 11 is 5.60. The Morgan fingerprint density at radius 3 is 2.79 bits per heavy atom. The van der Waals surface area contributed by atoms with Gasteiger partial charge in [-0.15, -0.1) is 0 Å². The van der Waals surface area contributed by atoms with Crippen molar-refractivity contribution in [2.75, 3.05) is 0 Å². The first-order valence-electron chi connectivity index (χ1n) is 4.64. The maximum atomic E-state index is 11.2. The van der Waals surface area contributed by atoms with Crippen molar-refractivity contribution in [1.82, 2.24) is 9.55 Å². The molecule has 0 aliphatic heterocycles. The third-order valence-corrected chi connectivity index (χ3v) is 2.24. The first-order chi connectivity index (χ1) is 6.65. The van der Waals surface area contributed by atoms with Crippen molar-refractivity contribution in [2.24, 2.45) is 0 Å². The molecule has 0 saturated carbocycles. The molecule has 5 heteroatoms. The van der Waals surface area contributed by atoms with Gasteiger partial charge < -0.3 is 0 Å². The second-order valence-corrected chi connectivity index (χ2v) is 3.54. The first kappa shape index (κ1) is 11.0. The van der Waals surface area contributed by atoms with E-state index in [1.165, 1.54) is 10.8 Å². The number of unbranched alkanes of at least 4 members (excludes halogenated alkanes) is 2. The van der Waals surface area contributed by atoms with Crippen LogP contribution >= 0.6 is 11.6 Å². The van der Waals surface area contributed by atoms with Crippen molar-refractivity contribution in [3.05, 3.63) is 32.1 Å². The topological polar surface area (TPSA) is 54.9 Å². The van der Waals surface area contributed by atoms with Crippen LogP contribution in [0.1, 0.15) is 26.2 Å². The molecule has 0 aliphatic rings. The van der Waals surface area contributed by atoms with Gasteiger partial charge in [0, 0.05) is 12.7 Å². The van der Waals surface area contributed by atoms with Gasteiger partial charge in [0.15, 0.2) is 0 Å². The number of nitrogens with zero attached hydrogens (tertiary/aromatic N) is 1. The molecule has 1 aromatic rings. The number of H-pyrrole nitrogens is 1. The Labute approximate surface area is 86.5 Å². The second kappa shape index (κ2) is 5.00. The normalized spacial score (nSPS) is 10.4. The Morgan fingerprint density at radius 1 is 1.43 bits per heavy atom. The van der Waals surface area contributed by atoms with E-state index in [0.29, 0.717) is 6.54 Å². The van der Waals surface area contributed by atoms with E-state index < -0.39 is 11.2 Å². The van der Waals surface area contributed by atoms with Gasteiger partial charge in [-0.3, -0.25) is 14.3 Å². The Bertz CT molecular complexity index is 408. The molecule has 14 heavy (non-hydrogen) atoms. The molecule has 1 aromatic heterocycles. The molecule has 0 radical (unpaired) electrons. The van der Waals surface area contributed by atoms with Crippen LogP contribution in [0.25, 0.3) is 0 Å². The van der Waals surface area contributed by atoms with Gasteiger partial charge in [0.25, 0.3) is 5.56 Å². The maximum Gasteiger partial charge on any atom is 0.328 e. The number of aromatic nitrogens is 2. The molecule has 0 saturated heterocycles. The summed E-state index contributed by atoms with van der Waals surface area (Å²) in [6.07, 6.45) is 4.45. The van der Waals surface area contributed by atoms with Crippen LogP contribution in [0.3, 0.4) is 0 Å². The first-order valence-corrected chi connectivity index (χ1v) is 5.02. The number of hydrogen-bond acceptors (Lipinski definition) is 2. The van der Waals surface area contributed by atoms with Gasteiger partial charge in [0.1, 0.15) is 5.02 Å². The fourth-order valence-electron chi connectivity index (χ4n) is 1.18. The molecule has 0 fully saturated rings. The zero-order valence-electron chi connectivity index (χ0n) is 8.05. The summed E-state index contributed by atoms with van der Waals surface area (Å²) in [5.41, 5.74) is -0.918. The third kappa shape index (κ3) is 2.73. The minimum absolute atomic E-state index is 0.0566. The lowest BCUT2D eigenvalue weighted by Gasteiger charge is -2.03. The van der Waals surface area contributed by atoms with Gasteiger partial charge >= 0.3 is 5.69 Å². The number of hydrogen-bond donors (Lipinski definition) is 1. The van der Waals surface area contributed by atoms with Crippen LogP contribution in [0, 0.1) is 0 Å². The average Bonchev–Trinajstić information content (AvgIpc) is 2.14. The summed E-state index contributed by atoms with van der Waals surface area (Å²) in [6.45, 7) is 2.69. The molecular formula is C9H13ClN2O2. The SMILES string of the molecule is CCCCCn1cc(Cl)c(=O)[nH]c1=O. The zero-order valence-corrected chi connectivity index (χ0v) is 8.80. The van der Waals surface area contributed by atoms with Gasteiger partial charge in [-0.05, 0) is 6.42 Å². The van der Waals surface area contributed by atoms with Crippen LogP contribution < -0.4 is 11.2 Å². The summed E-state index contributed by atoms with van der Waals surface area (Å²) in [7, 11) is 0. The largest absolute Gasteiger partial charge is 0.328 e. The molecule has 0 unspecified atom stereocenters. The fourth-order valence-corrected chi connectivity index (χ4v) is 1.35. The van der Waals surface area contributed by atoms with E-state index in [0.717, 1.165) is 19.3 Å². The van der Waals surface area contributed by atoms with Crippen LogP contribution in [0.4, 0.5) is 0 Å². The molecule has 1 heterocycles. The third-order valence-electron chi connectivity index (χ3n) is 1.97. The highest BCUT2D eigenvalue weighted by atomic mass is 35.5. The summed E-state index contributed by atoms with van der Waals surface area (Å²) in [5.74, 6) is 0. The number of rotatable bonds is 4. The molecule has 1 rings (SSSR count). The van der Waals surface area contributed by atoms with Crippen molar-refractivity contribution < 1.29 is 0 Å². The lowest BCUT2D eigenvalue weighted by molar-refractivity contribution is 0.575. The van der Waals surface area contributed by atoms with E-state index >= 15 is 0 Å². The summed E-state index contributed by atoms with van der Waals surface area (Å²) < 4.78 is 1.43. The average molecular weight is 217 g/mol. The van der Waals surface area contributed by atoms with Gasteiger partial charge in [0.2, 0.25) is 0 Å². The van der Waals surface area contributed by atoms with Gasteiger partial charge in [-0.1, -0.05) is 31.4 Å². The number of aryl methyl sites for hydroxylation is 1. The Balaban J connectivity index is 2.82. The van der Waals surface area contributed by atoms with E-state index in [2.05, 4.69) is 11.9 Å². The number of nitrogens with one attached hydrogen (secondary N) is 1. The Kier molecular flexibility index (Phi) is 3.95. The van der Waals surface area contributed by atoms with Crippen LogP contribution in [0.2, 0.25) is 5.02 Å². The Morgan fingerprint density at radius 2 is 2.14 bits per heavy atom. The molecule has 0 aromatic carbocycles. The number of aromatic amines is 1. The summed E-state index contributed by atoms with van der Waals surface area (Å²) in [5, 5.41) is 0.0566. The smallest absolute Gasteiger partial charge is 0.299 e. The minimum Gasteiger partial charge on any atom is -0.299 e.